The quantitative estimate of drug-likeness (QED) is 0.292. The highest BCUT2D eigenvalue weighted by molar-refractivity contribution is 6.07. The fourth-order valence-electron chi connectivity index (χ4n) is 3.21. The van der Waals surface area contributed by atoms with Gasteiger partial charge in [-0.2, -0.15) is 4.98 Å². The number of rotatable bonds is 8. The van der Waals surface area contributed by atoms with Crippen molar-refractivity contribution in [3.05, 3.63) is 77.9 Å². The summed E-state index contributed by atoms with van der Waals surface area (Å²) in [4.78, 5) is 17.0. The third kappa shape index (κ3) is 4.41. The molecule has 0 atom stereocenters. The van der Waals surface area contributed by atoms with Gasteiger partial charge in [-0.1, -0.05) is 12.1 Å². The van der Waals surface area contributed by atoms with Crippen LogP contribution in [-0.2, 0) is 0 Å². The maximum Gasteiger partial charge on any atom is 0.300 e. The molecule has 0 saturated heterocycles. The Morgan fingerprint density at radius 1 is 0.906 bits per heavy atom. The van der Waals surface area contributed by atoms with E-state index in [1.54, 1.807) is 63.8 Å². The number of allylic oxidation sites excluding steroid dienone is 1. The van der Waals surface area contributed by atoms with Crippen LogP contribution in [0.3, 0.4) is 0 Å². The second kappa shape index (κ2) is 9.26. The number of oxazole rings is 1. The molecule has 0 aliphatic heterocycles. The molecule has 3 aromatic carbocycles. The molecule has 7 heteroatoms. The van der Waals surface area contributed by atoms with E-state index < -0.39 is 0 Å². The highest BCUT2D eigenvalue weighted by Crippen LogP contribution is 2.35. The van der Waals surface area contributed by atoms with Gasteiger partial charge in [0.1, 0.15) is 11.3 Å². The lowest BCUT2D eigenvalue weighted by Crippen LogP contribution is -1.97. The Morgan fingerprint density at radius 2 is 1.59 bits per heavy atom. The van der Waals surface area contributed by atoms with Crippen LogP contribution in [0.5, 0.6) is 17.2 Å². The maximum atomic E-state index is 12.6. The van der Waals surface area contributed by atoms with Gasteiger partial charge in [0.05, 0.1) is 21.3 Å². The number of fused-ring (bicyclic) bond motifs is 1. The van der Waals surface area contributed by atoms with Crippen molar-refractivity contribution in [3.63, 3.8) is 0 Å². The number of nitrogens with zero attached hydrogens (tertiary/aromatic N) is 1. The summed E-state index contributed by atoms with van der Waals surface area (Å²) in [5.41, 5.74) is 3.49. The molecule has 4 aromatic rings. The molecule has 4 rings (SSSR count). The summed E-state index contributed by atoms with van der Waals surface area (Å²) in [6, 6.07) is 18.5. The van der Waals surface area contributed by atoms with Crippen LogP contribution in [0.25, 0.3) is 17.2 Å². The molecule has 32 heavy (non-hydrogen) atoms. The number of nitrogens with one attached hydrogen (secondary N) is 1. The fourth-order valence-corrected chi connectivity index (χ4v) is 3.21. The van der Waals surface area contributed by atoms with Crippen LogP contribution in [0, 0.1) is 0 Å². The van der Waals surface area contributed by atoms with Gasteiger partial charge in [-0.05, 0) is 54.6 Å². The number of methoxy groups -OCH3 is 3. The van der Waals surface area contributed by atoms with Gasteiger partial charge in [0, 0.05) is 22.9 Å². The van der Waals surface area contributed by atoms with Crippen molar-refractivity contribution >= 4 is 34.7 Å². The first-order valence-electron chi connectivity index (χ1n) is 9.86. The Hall–Kier alpha value is -4.26. The van der Waals surface area contributed by atoms with E-state index in [1.807, 2.05) is 24.3 Å². The van der Waals surface area contributed by atoms with Gasteiger partial charge in [0.2, 0.25) is 0 Å². The van der Waals surface area contributed by atoms with Gasteiger partial charge in [0.15, 0.2) is 22.9 Å². The highest BCUT2D eigenvalue weighted by Gasteiger charge is 2.11. The zero-order valence-electron chi connectivity index (χ0n) is 17.9. The third-order valence-electron chi connectivity index (χ3n) is 4.86. The summed E-state index contributed by atoms with van der Waals surface area (Å²) in [5, 5.41) is 3.11. The first-order chi connectivity index (χ1) is 15.6. The van der Waals surface area contributed by atoms with Crippen molar-refractivity contribution in [2.45, 2.75) is 0 Å². The number of anilines is 2. The summed E-state index contributed by atoms with van der Waals surface area (Å²) < 4.78 is 21.7. The van der Waals surface area contributed by atoms with Crippen LogP contribution >= 0.6 is 0 Å². The Bertz CT molecular complexity index is 1240. The van der Waals surface area contributed by atoms with Crippen molar-refractivity contribution in [2.24, 2.45) is 0 Å². The van der Waals surface area contributed by atoms with E-state index in [0.717, 1.165) is 11.2 Å². The van der Waals surface area contributed by atoms with Crippen LogP contribution in [0.1, 0.15) is 15.9 Å². The van der Waals surface area contributed by atoms with E-state index >= 15 is 0 Å². The minimum Gasteiger partial charge on any atom is -0.496 e. The topological polar surface area (TPSA) is 82.8 Å². The number of hydrogen-bond donors (Lipinski definition) is 1. The molecule has 0 saturated carbocycles. The summed E-state index contributed by atoms with van der Waals surface area (Å²) in [6.45, 7) is 0. The van der Waals surface area contributed by atoms with Crippen LogP contribution < -0.4 is 19.5 Å². The van der Waals surface area contributed by atoms with Gasteiger partial charge in [-0.15, -0.1) is 0 Å². The molecule has 1 aromatic heterocycles. The zero-order chi connectivity index (χ0) is 22.5. The number of carbonyl (C=O) groups excluding carboxylic acids is 1. The molecule has 0 spiro atoms. The standard InChI is InChI=1S/C25H22N2O5/c1-29-22-15-24(31-3)23(30-2)14-17(22)10-13-20(28)16-8-11-18(12-9-16)26-25-27-19-6-4-5-7-21(19)32-25/h4-15H,1-3H3,(H,26,27)/b13-10+. The molecule has 1 N–H and O–H groups in total. The Balaban J connectivity index is 1.48. The zero-order valence-corrected chi connectivity index (χ0v) is 17.9. The van der Waals surface area contributed by atoms with Crippen LogP contribution in [0.2, 0.25) is 0 Å². The molecule has 1 heterocycles. The van der Waals surface area contributed by atoms with Crippen molar-refractivity contribution in [1.82, 2.24) is 4.98 Å². The molecule has 0 amide bonds. The molecule has 0 aliphatic rings. The summed E-state index contributed by atoms with van der Waals surface area (Å²) in [7, 11) is 4.67. The lowest BCUT2D eigenvalue weighted by Gasteiger charge is -2.12. The number of carbonyl (C=O) groups is 1. The monoisotopic (exact) mass is 430 g/mol. The summed E-state index contributed by atoms with van der Waals surface area (Å²) >= 11 is 0. The number of hydrogen-bond acceptors (Lipinski definition) is 7. The maximum absolute atomic E-state index is 12.6. The second-order valence-corrected chi connectivity index (χ2v) is 6.84. The lowest BCUT2D eigenvalue weighted by molar-refractivity contribution is 0.104. The van der Waals surface area contributed by atoms with E-state index in [-0.39, 0.29) is 5.78 Å². The van der Waals surface area contributed by atoms with E-state index in [0.29, 0.717) is 40.0 Å². The van der Waals surface area contributed by atoms with E-state index in [4.69, 9.17) is 18.6 Å². The van der Waals surface area contributed by atoms with Crippen molar-refractivity contribution < 1.29 is 23.4 Å². The van der Waals surface area contributed by atoms with E-state index in [2.05, 4.69) is 10.3 Å². The van der Waals surface area contributed by atoms with Crippen LogP contribution in [0.15, 0.2) is 71.2 Å². The van der Waals surface area contributed by atoms with Crippen molar-refractivity contribution in [2.75, 3.05) is 26.6 Å². The first kappa shape index (κ1) is 21.0. The Labute approximate surface area is 185 Å². The van der Waals surface area contributed by atoms with Crippen molar-refractivity contribution in [3.8, 4) is 17.2 Å². The minimum absolute atomic E-state index is 0.143. The van der Waals surface area contributed by atoms with Gasteiger partial charge in [-0.3, -0.25) is 4.79 Å². The van der Waals surface area contributed by atoms with Gasteiger partial charge < -0.3 is 23.9 Å². The van der Waals surface area contributed by atoms with E-state index in [9.17, 15) is 4.79 Å². The minimum atomic E-state index is -0.143. The van der Waals surface area contributed by atoms with E-state index in [1.165, 1.54) is 6.08 Å². The van der Waals surface area contributed by atoms with Crippen LogP contribution in [0.4, 0.5) is 11.7 Å². The predicted octanol–water partition coefficient (Wildman–Crippen LogP) is 5.49. The van der Waals surface area contributed by atoms with Gasteiger partial charge in [0.25, 0.3) is 6.01 Å². The summed E-state index contributed by atoms with van der Waals surface area (Å²) in [6.07, 6.45) is 3.18. The van der Waals surface area contributed by atoms with Gasteiger partial charge >= 0.3 is 0 Å². The molecule has 0 unspecified atom stereocenters. The molecule has 0 bridgehead atoms. The smallest absolute Gasteiger partial charge is 0.300 e. The molecular formula is C25H22N2O5. The van der Waals surface area contributed by atoms with Crippen LogP contribution in [-0.4, -0.2) is 32.1 Å². The molecule has 0 radical (unpaired) electrons. The normalized spacial score (nSPS) is 11.0. The number of aromatic nitrogens is 1. The number of ether oxygens (including phenoxy) is 3. The molecule has 0 aliphatic carbocycles. The lowest BCUT2D eigenvalue weighted by atomic mass is 10.1. The Kier molecular flexibility index (Phi) is 6.07. The number of para-hydroxylation sites is 2. The average molecular weight is 430 g/mol. The first-order valence-corrected chi connectivity index (χ1v) is 9.86. The SMILES string of the molecule is COc1cc(OC)c(OC)cc1/C=C/C(=O)c1ccc(Nc2nc3ccccc3o2)cc1. The highest BCUT2D eigenvalue weighted by atomic mass is 16.5. The average Bonchev–Trinajstić information content (AvgIpc) is 3.24. The molecule has 162 valence electrons. The predicted molar refractivity (Wildman–Crippen MR) is 123 cm³/mol. The molecular weight excluding hydrogens is 408 g/mol. The fraction of sp³-hybridized carbons (Fsp3) is 0.120. The summed E-state index contributed by atoms with van der Waals surface area (Å²) in [5.74, 6) is 1.53. The third-order valence-corrected chi connectivity index (χ3v) is 4.86. The van der Waals surface area contributed by atoms with Gasteiger partial charge in [-0.25, -0.2) is 0 Å². The second-order valence-electron chi connectivity index (χ2n) is 6.84. The molecule has 0 fully saturated rings. The number of ketones is 1. The number of benzene rings is 3. The molecule has 7 nitrogen and oxygen atoms in total. The Morgan fingerprint density at radius 3 is 2.28 bits per heavy atom. The largest absolute Gasteiger partial charge is 0.496 e. The van der Waals surface area contributed by atoms with Crippen molar-refractivity contribution in [1.29, 1.82) is 0 Å².